The Hall–Kier alpha value is -2.38. The molecule has 1 aromatic rings. The van der Waals surface area contributed by atoms with Crippen molar-refractivity contribution in [3.05, 3.63) is 43.0 Å². The molecule has 0 radical (unpaired) electrons. The zero-order valence-electron chi connectivity index (χ0n) is 18.6. The highest BCUT2D eigenvalue weighted by Crippen LogP contribution is 2.56. The third kappa shape index (κ3) is 5.26. The van der Waals surface area contributed by atoms with Crippen molar-refractivity contribution in [1.82, 2.24) is 0 Å². The molecular formula is C21H22F11NO2. The molecule has 0 spiro atoms. The molecule has 14 heteroatoms. The summed E-state index contributed by atoms with van der Waals surface area (Å²) < 4.78 is 158. The second-order valence-electron chi connectivity index (χ2n) is 7.73. The number of rotatable bonds is 10. The molecule has 0 heterocycles. The van der Waals surface area contributed by atoms with E-state index in [1.54, 1.807) is 0 Å². The molecule has 1 amide bonds. The fourth-order valence-corrected chi connectivity index (χ4v) is 3.16. The molecule has 0 N–H and O–H groups in total. The van der Waals surface area contributed by atoms with Gasteiger partial charge in [-0.25, -0.2) is 13.2 Å². The molecule has 200 valence electrons. The standard InChI is InChI=1S/C21H22F11NO2/c1-5-12-33(14-10-8-7-9-11-14)15(34)17(23,19(25,26)27)13(3)35-21(31,32)18(24,20(28,29)30)16(4,22)6-2/h5,7-11,13H,1,6,12H2,2-4H3. The fourth-order valence-electron chi connectivity index (χ4n) is 3.16. The summed E-state index contributed by atoms with van der Waals surface area (Å²) in [6, 6.07) is 5.93. The maximum atomic E-state index is 15.4. The van der Waals surface area contributed by atoms with Crippen LogP contribution in [0.2, 0.25) is 0 Å². The summed E-state index contributed by atoms with van der Waals surface area (Å²) in [6.07, 6.45) is -23.9. The molecule has 4 atom stereocenters. The first-order valence-corrected chi connectivity index (χ1v) is 9.89. The molecule has 0 fully saturated rings. The van der Waals surface area contributed by atoms with E-state index < -0.39 is 60.4 Å². The molecule has 0 aliphatic heterocycles. The van der Waals surface area contributed by atoms with Gasteiger partial charge in [0.2, 0.25) is 0 Å². The lowest BCUT2D eigenvalue weighted by atomic mass is 9.83. The molecule has 0 aromatic heterocycles. The zero-order valence-corrected chi connectivity index (χ0v) is 18.6. The number of hydrogen-bond acceptors (Lipinski definition) is 2. The summed E-state index contributed by atoms with van der Waals surface area (Å²) in [5.74, 6) is -2.56. The van der Waals surface area contributed by atoms with Gasteiger partial charge in [0.05, 0.1) is 0 Å². The number of ether oxygens (including phenoxy) is 1. The van der Waals surface area contributed by atoms with E-state index in [4.69, 9.17) is 0 Å². The van der Waals surface area contributed by atoms with Crippen LogP contribution in [0.15, 0.2) is 43.0 Å². The summed E-state index contributed by atoms with van der Waals surface area (Å²) in [6.45, 7) is 2.61. The second kappa shape index (κ2) is 9.94. The van der Waals surface area contributed by atoms with Gasteiger partial charge >= 0.3 is 29.8 Å². The highest BCUT2D eigenvalue weighted by atomic mass is 19.4. The van der Waals surface area contributed by atoms with Gasteiger partial charge in [-0.1, -0.05) is 31.2 Å². The van der Waals surface area contributed by atoms with E-state index in [-0.39, 0.29) is 24.4 Å². The first-order valence-electron chi connectivity index (χ1n) is 9.89. The predicted octanol–water partition coefficient (Wildman–Crippen LogP) is 6.88. The quantitative estimate of drug-likeness (QED) is 0.244. The van der Waals surface area contributed by atoms with E-state index >= 15 is 4.39 Å². The maximum absolute atomic E-state index is 15.4. The topological polar surface area (TPSA) is 29.5 Å². The first-order chi connectivity index (χ1) is 15.7. The first kappa shape index (κ1) is 30.7. The van der Waals surface area contributed by atoms with Crippen molar-refractivity contribution >= 4 is 11.6 Å². The lowest BCUT2D eigenvalue weighted by Crippen LogP contribution is -2.70. The predicted molar refractivity (Wildman–Crippen MR) is 104 cm³/mol. The van der Waals surface area contributed by atoms with Crippen molar-refractivity contribution in [2.45, 2.75) is 68.8 Å². The molecule has 1 aromatic carbocycles. The van der Waals surface area contributed by atoms with E-state index in [0.29, 0.717) is 6.92 Å². The van der Waals surface area contributed by atoms with Crippen LogP contribution in [0.25, 0.3) is 0 Å². The summed E-state index contributed by atoms with van der Waals surface area (Å²) in [4.78, 5) is 12.8. The molecule has 0 bridgehead atoms. The Morgan fingerprint density at radius 1 is 0.971 bits per heavy atom. The van der Waals surface area contributed by atoms with E-state index in [9.17, 15) is 48.7 Å². The molecule has 0 saturated carbocycles. The summed E-state index contributed by atoms with van der Waals surface area (Å²) in [5.41, 5.74) is -16.4. The van der Waals surface area contributed by atoms with Crippen molar-refractivity contribution in [3.8, 4) is 0 Å². The Labute approximate surface area is 193 Å². The van der Waals surface area contributed by atoms with E-state index in [1.165, 1.54) is 18.2 Å². The molecule has 4 unspecified atom stereocenters. The van der Waals surface area contributed by atoms with E-state index in [0.717, 1.165) is 18.2 Å². The number of amides is 1. The molecule has 0 aliphatic carbocycles. The summed E-state index contributed by atoms with van der Waals surface area (Å²) in [7, 11) is 0. The number of carbonyl (C=O) groups excluding carboxylic acids is 1. The fraction of sp³-hybridized carbons (Fsp3) is 0.571. The van der Waals surface area contributed by atoms with Crippen molar-refractivity contribution in [2.75, 3.05) is 11.4 Å². The van der Waals surface area contributed by atoms with Crippen LogP contribution >= 0.6 is 0 Å². The number of alkyl halides is 11. The van der Waals surface area contributed by atoms with Gasteiger partial charge in [-0.2, -0.15) is 35.1 Å². The van der Waals surface area contributed by atoms with Crippen molar-refractivity contribution in [3.63, 3.8) is 0 Å². The number of nitrogens with zero attached hydrogens (tertiary/aromatic N) is 1. The molecule has 35 heavy (non-hydrogen) atoms. The van der Waals surface area contributed by atoms with Gasteiger partial charge < -0.3 is 9.64 Å². The van der Waals surface area contributed by atoms with Crippen LogP contribution in [-0.2, 0) is 9.53 Å². The minimum absolute atomic E-state index is 0.121. The average molecular weight is 529 g/mol. The lowest BCUT2D eigenvalue weighted by Gasteiger charge is -2.44. The van der Waals surface area contributed by atoms with Crippen LogP contribution in [-0.4, -0.2) is 54.0 Å². The molecule has 0 aliphatic rings. The average Bonchev–Trinajstić information content (AvgIpc) is 2.74. The molecule has 0 saturated heterocycles. The Kier molecular flexibility index (Phi) is 8.70. The number of anilines is 1. The Morgan fingerprint density at radius 2 is 1.46 bits per heavy atom. The van der Waals surface area contributed by atoms with Crippen LogP contribution in [0.3, 0.4) is 0 Å². The number of halogens is 11. The Bertz CT molecular complexity index is 885. The van der Waals surface area contributed by atoms with Gasteiger partial charge in [0.1, 0.15) is 6.10 Å². The van der Waals surface area contributed by atoms with Crippen LogP contribution < -0.4 is 4.90 Å². The highest BCUT2D eigenvalue weighted by molar-refractivity contribution is 6.00. The Morgan fingerprint density at radius 3 is 1.83 bits per heavy atom. The van der Waals surface area contributed by atoms with Gasteiger partial charge in [-0.05, 0) is 32.4 Å². The number of hydrogen-bond donors (Lipinski definition) is 0. The van der Waals surface area contributed by atoms with Crippen LogP contribution in [0, 0.1) is 0 Å². The molecule has 3 nitrogen and oxygen atoms in total. The van der Waals surface area contributed by atoms with Gasteiger partial charge in [0.15, 0.2) is 5.67 Å². The Balaban J connectivity index is 3.65. The zero-order chi connectivity index (χ0) is 27.7. The SMILES string of the molecule is C=CCN(C(=O)C(F)(C(C)OC(F)(F)C(F)(C(F)(F)F)C(C)(F)CC)C(F)(F)F)c1ccccc1. The van der Waals surface area contributed by atoms with Crippen molar-refractivity contribution in [2.24, 2.45) is 0 Å². The van der Waals surface area contributed by atoms with Crippen LogP contribution in [0.5, 0.6) is 0 Å². The minimum atomic E-state index is -6.71. The van der Waals surface area contributed by atoms with Crippen LogP contribution in [0.4, 0.5) is 54.0 Å². The van der Waals surface area contributed by atoms with Crippen molar-refractivity contribution in [1.29, 1.82) is 0 Å². The van der Waals surface area contributed by atoms with Crippen molar-refractivity contribution < 1.29 is 57.8 Å². The minimum Gasteiger partial charge on any atom is -0.310 e. The largest absolute Gasteiger partial charge is 0.434 e. The molecule has 1 rings (SSSR count). The number of carbonyl (C=O) groups is 1. The normalized spacial score (nSPS) is 19.1. The third-order valence-corrected chi connectivity index (χ3v) is 5.41. The summed E-state index contributed by atoms with van der Waals surface area (Å²) in [5, 5.41) is 0. The molecular weight excluding hydrogens is 507 g/mol. The maximum Gasteiger partial charge on any atom is 0.434 e. The van der Waals surface area contributed by atoms with E-state index in [2.05, 4.69) is 11.3 Å². The number of para-hydroxylation sites is 1. The van der Waals surface area contributed by atoms with Gasteiger partial charge in [-0.3, -0.25) is 4.79 Å². The van der Waals surface area contributed by atoms with Gasteiger partial charge in [0, 0.05) is 12.2 Å². The van der Waals surface area contributed by atoms with Gasteiger partial charge in [-0.15, -0.1) is 6.58 Å². The van der Waals surface area contributed by atoms with Crippen LogP contribution in [0.1, 0.15) is 27.2 Å². The monoisotopic (exact) mass is 529 g/mol. The van der Waals surface area contributed by atoms with E-state index in [1.807, 2.05) is 0 Å². The highest BCUT2D eigenvalue weighted by Gasteiger charge is 2.82. The smallest absolute Gasteiger partial charge is 0.310 e. The summed E-state index contributed by atoms with van der Waals surface area (Å²) >= 11 is 0. The lowest BCUT2D eigenvalue weighted by molar-refractivity contribution is -0.426. The number of benzene rings is 1. The van der Waals surface area contributed by atoms with Gasteiger partial charge in [0.25, 0.3) is 5.91 Å². The second-order valence-corrected chi connectivity index (χ2v) is 7.73. The third-order valence-electron chi connectivity index (χ3n) is 5.41.